The van der Waals surface area contributed by atoms with Gasteiger partial charge in [0, 0.05) is 12.6 Å². The molecular formula is C6H11N3OS. The van der Waals surface area contributed by atoms with Crippen LogP contribution in [0.15, 0.2) is 6.20 Å². The highest BCUT2D eigenvalue weighted by Gasteiger charge is 1.99. The van der Waals surface area contributed by atoms with E-state index in [-0.39, 0.29) is 12.6 Å². The number of aliphatic hydroxyl groups is 1. The lowest BCUT2D eigenvalue weighted by Gasteiger charge is -2.07. The predicted molar refractivity (Wildman–Crippen MR) is 43.3 cm³/mol. The molecule has 1 heterocycles. The fourth-order valence-corrected chi connectivity index (χ4v) is 1.04. The summed E-state index contributed by atoms with van der Waals surface area (Å²) in [6.07, 6.45) is 1.72. The summed E-state index contributed by atoms with van der Waals surface area (Å²) in [6.45, 7) is 2.75. The van der Waals surface area contributed by atoms with Crippen molar-refractivity contribution in [2.45, 2.75) is 19.5 Å². The van der Waals surface area contributed by atoms with Gasteiger partial charge in [0.15, 0.2) is 0 Å². The van der Waals surface area contributed by atoms with Gasteiger partial charge in [-0.05, 0) is 6.92 Å². The van der Waals surface area contributed by atoms with Crippen LogP contribution in [0.25, 0.3) is 0 Å². The van der Waals surface area contributed by atoms with Gasteiger partial charge in [0.1, 0.15) is 0 Å². The van der Waals surface area contributed by atoms with Crippen molar-refractivity contribution in [1.82, 2.24) is 14.1 Å². The summed E-state index contributed by atoms with van der Waals surface area (Å²) in [5.74, 6) is 0. The van der Waals surface area contributed by atoms with Crippen molar-refractivity contribution in [3.8, 4) is 0 Å². The topological polar surface area (TPSA) is 58.0 Å². The summed E-state index contributed by atoms with van der Waals surface area (Å²) < 4.78 is 7.86. The highest BCUT2D eigenvalue weighted by Crippen LogP contribution is 1.94. The Morgan fingerprint density at radius 2 is 2.64 bits per heavy atom. The van der Waals surface area contributed by atoms with Gasteiger partial charge in [-0.1, -0.05) is 0 Å². The SMILES string of the molecule is CC(CO)NCc1cnsn1. The minimum atomic E-state index is 0.122. The van der Waals surface area contributed by atoms with Crippen molar-refractivity contribution in [1.29, 1.82) is 0 Å². The van der Waals surface area contributed by atoms with E-state index in [1.54, 1.807) is 6.20 Å². The molecule has 0 radical (unpaired) electrons. The lowest BCUT2D eigenvalue weighted by Crippen LogP contribution is -2.28. The number of hydrogen-bond acceptors (Lipinski definition) is 5. The van der Waals surface area contributed by atoms with Gasteiger partial charge in [-0.25, -0.2) is 0 Å². The van der Waals surface area contributed by atoms with Crippen LogP contribution in [0.3, 0.4) is 0 Å². The Kier molecular flexibility index (Phi) is 3.41. The Balaban J connectivity index is 2.23. The second-order valence-electron chi connectivity index (χ2n) is 2.36. The quantitative estimate of drug-likeness (QED) is 0.673. The fourth-order valence-electron chi connectivity index (χ4n) is 0.605. The normalized spacial score (nSPS) is 13.3. The van der Waals surface area contributed by atoms with Crippen molar-refractivity contribution in [2.75, 3.05) is 6.61 Å². The molecule has 0 aliphatic carbocycles. The first-order valence-corrected chi connectivity index (χ1v) is 4.16. The average Bonchev–Trinajstić information content (AvgIpc) is 2.52. The van der Waals surface area contributed by atoms with E-state index in [4.69, 9.17) is 5.11 Å². The van der Waals surface area contributed by atoms with Crippen molar-refractivity contribution >= 4 is 11.7 Å². The number of aliphatic hydroxyl groups excluding tert-OH is 1. The van der Waals surface area contributed by atoms with Crippen LogP contribution in [0.5, 0.6) is 0 Å². The van der Waals surface area contributed by atoms with Gasteiger partial charge in [-0.15, -0.1) is 0 Å². The molecule has 0 amide bonds. The molecule has 5 heteroatoms. The summed E-state index contributed by atoms with van der Waals surface area (Å²) >= 11 is 1.20. The predicted octanol–water partition coefficient (Wildman–Crippen LogP) is 0.00850. The molecule has 0 saturated heterocycles. The maximum absolute atomic E-state index is 8.67. The highest BCUT2D eigenvalue weighted by molar-refractivity contribution is 6.99. The molecule has 4 nitrogen and oxygen atoms in total. The first-order chi connectivity index (χ1) is 5.33. The van der Waals surface area contributed by atoms with Gasteiger partial charge in [-0.3, -0.25) is 0 Å². The molecule has 0 saturated carbocycles. The molecule has 0 spiro atoms. The number of rotatable bonds is 4. The molecule has 2 N–H and O–H groups in total. The van der Waals surface area contributed by atoms with Gasteiger partial charge in [0.2, 0.25) is 0 Å². The standard InChI is InChI=1S/C6H11N3OS/c1-5(4-10)7-2-6-3-8-11-9-6/h3,5,7,10H,2,4H2,1H3. The third-order valence-corrected chi connectivity index (χ3v) is 1.83. The van der Waals surface area contributed by atoms with Gasteiger partial charge in [-0.2, -0.15) is 8.75 Å². The van der Waals surface area contributed by atoms with Crippen LogP contribution in [0, 0.1) is 0 Å². The Hall–Kier alpha value is -0.520. The average molecular weight is 173 g/mol. The maximum Gasteiger partial charge on any atom is 0.0880 e. The third-order valence-electron chi connectivity index (χ3n) is 1.31. The molecule has 62 valence electrons. The smallest absolute Gasteiger partial charge is 0.0880 e. The molecule has 0 aliphatic rings. The van der Waals surface area contributed by atoms with Gasteiger partial charge < -0.3 is 10.4 Å². The Labute approximate surface area is 69.6 Å². The molecule has 1 unspecified atom stereocenters. The Bertz CT molecular complexity index is 190. The summed E-state index contributed by atoms with van der Waals surface area (Å²) in [5.41, 5.74) is 0.926. The van der Waals surface area contributed by atoms with Crippen LogP contribution in [0.2, 0.25) is 0 Å². The van der Waals surface area contributed by atoms with E-state index in [0.717, 1.165) is 5.69 Å². The van der Waals surface area contributed by atoms with Crippen LogP contribution in [-0.4, -0.2) is 26.5 Å². The monoisotopic (exact) mass is 173 g/mol. The zero-order valence-electron chi connectivity index (χ0n) is 6.32. The number of hydrogen-bond donors (Lipinski definition) is 2. The fraction of sp³-hybridized carbons (Fsp3) is 0.667. The second-order valence-corrected chi connectivity index (χ2v) is 2.92. The largest absolute Gasteiger partial charge is 0.395 e. The number of nitrogens with one attached hydrogen (secondary N) is 1. The highest BCUT2D eigenvalue weighted by atomic mass is 32.1. The molecule has 0 aromatic carbocycles. The van der Waals surface area contributed by atoms with E-state index in [1.807, 2.05) is 6.92 Å². The molecule has 0 fully saturated rings. The molecule has 1 aromatic rings. The molecule has 1 aromatic heterocycles. The maximum atomic E-state index is 8.67. The molecule has 11 heavy (non-hydrogen) atoms. The van der Waals surface area contributed by atoms with Gasteiger partial charge in [0.05, 0.1) is 30.2 Å². The first-order valence-electron chi connectivity index (χ1n) is 3.43. The Morgan fingerprint density at radius 3 is 3.18 bits per heavy atom. The van der Waals surface area contributed by atoms with Crippen molar-refractivity contribution < 1.29 is 5.11 Å². The molecule has 0 bridgehead atoms. The molecule has 1 atom stereocenters. The van der Waals surface area contributed by atoms with Gasteiger partial charge >= 0.3 is 0 Å². The van der Waals surface area contributed by atoms with Crippen LogP contribution in [0.1, 0.15) is 12.6 Å². The summed E-state index contributed by atoms with van der Waals surface area (Å²) in [7, 11) is 0. The number of nitrogens with zero attached hydrogens (tertiary/aromatic N) is 2. The molecule has 1 rings (SSSR count). The van der Waals surface area contributed by atoms with Gasteiger partial charge in [0.25, 0.3) is 0 Å². The minimum Gasteiger partial charge on any atom is -0.395 e. The second kappa shape index (κ2) is 4.38. The lowest BCUT2D eigenvalue weighted by molar-refractivity contribution is 0.251. The zero-order valence-corrected chi connectivity index (χ0v) is 7.14. The van der Waals surface area contributed by atoms with Crippen LogP contribution >= 0.6 is 11.7 Å². The summed E-state index contributed by atoms with van der Waals surface area (Å²) in [4.78, 5) is 0. The van der Waals surface area contributed by atoms with E-state index in [2.05, 4.69) is 14.1 Å². The Morgan fingerprint density at radius 1 is 1.82 bits per heavy atom. The van der Waals surface area contributed by atoms with E-state index >= 15 is 0 Å². The van der Waals surface area contributed by atoms with E-state index in [9.17, 15) is 0 Å². The summed E-state index contributed by atoms with van der Waals surface area (Å²) in [6, 6.07) is 0.122. The zero-order chi connectivity index (χ0) is 8.10. The van der Waals surface area contributed by atoms with Crippen molar-refractivity contribution in [2.24, 2.45) is 0 Å². The van der Waals surface area contributed by atoms with Crippen molar-refractivity contribution in [3.63, 3.8) is 0 Å². The minimum absolute atomic E-state index is 0.122. The lowest BCUT2D eigenvalue weighted by atomic mass is 10.3. The third kappa shape index (κ3) is 2.92. The molecule has 0 aliphatic heterocycles. The van der Waals surface area contributed by atoms with Crippen LogP contribution < -0.4 is 5.32 Å². The number of aromatic nitrogens is 2. The molecular weight excluding hydrogens is 162 g/mol. The summed E-state index contributed by atoms with van der Waals surface area (Å²) in [5, 5.41) is 11.8. The van der Waals surface area contributed by atoms with E-state index in [1.165, 1.54) is 11.7 Å². The van der Waals surface area contributed by atoms with E-state index in [0.29, 0.717) is 6.54 Å². The van der Waals surface area contributed by atoms with E-state index < -0.39 is 0 Å². The van der Waals surface area contributed by atoms with Crippen LogP contribution in [0.4, 0.5) is 0 Å². The first kappa shape index (κ1) is 8.58. The van der Waals surface area contributed by atoms with Crippen LogP contribution in [-0.2, 0) is 6.54 Å². The van der Waals surface area contributed by atoms with Crippen molar-refractivity contribution in [3.05, 3.63) is 11.9 Å².